The Labute approximate surface area is 116 Å². The first-order valence-corrected chi connectivity index (χ1v) is 7.38. The van der Waals surface area contributed by atoms with Crippen molar-refractivity contribution in [3.8, 4) is 0 Å². The summed E-state index contributed by atoms with van der Waals surface area (Å²) in [5, 5.41) is 13.2. The maximum atomic E-state index is 9.71. The number of hydrogen-bond acceptors (Lipinski definition) is 3. The Morgan fingerprint density at radius 1 is 1.32 bits per heavy atom. The molecule has 0 aromatic heterocycles. The third-order valence-electron chi connectivity index (χ3n) is 3.58. The van der Waals surface area contributed by atoms with Gasteiger partial charge in [-0.25, -0.2) is 0 Å². The maximum absolute atomic E-state index is 9.71. The van der Waals surface area contributed by atoms with Crippen molar-refractivity contribution in [2.24, 2.45) is 5.92 Å². The summed E-state index contributed by atoms with van der Waals surface area (Å²) in [6, 6.07) is 8.71. The summed E-state index contributed by atoms with van der Waals surface area (Å²) in [6.45, 7) is 8.25. The highest BCUT2D eigenvalue weighted by Gasteiger charge is 2.17. The van der Waals surface area contributed by atoms with Crippen LogP contribution in [0.25, 0.3) is 0 Å². The molecular weight excluding hydrogens is 236 g/mol. The van der Waals surface area contributed by atoms with E-state index in [-0.39, 0.29) is 6.10 Å². The van der Waals surface area contributed by atoms with Crippen molar-refractivity contribution in [3.05, 3.63) is 29.8 Å². The zero-order valence-corrected chi connectivity index (χ0v) is 12.1. The maximum Gasteiger partial charge on any atom is 0.0715 e. The van der Waals surface area contributed by atoms with Crippen LogP contribution in [0.15, 0.2) is 24.3 Å². The summed E-state index contributed by atoms with van der Waals surface area (Å²) >= 11 is 0. The first kappa shape index (κ1) is 14.4. The van der Waals surface area contributed by atoms with Gasteiger partial charge in [0.05, 0.1) is 6.10 Å². The van der Waals surface area contributed by atoms with Crippen LogP contribution in [0.4, 0.5) is 5.69 Å². The number of nitrogens with zero attached hydrogens (tertiary/aromatic N) is 1. The Morgan fingerprint density at radius 2 is 2.05 bits per heavy atom. The third-order valence-corrected chi connectivity index (χ3v) is 3.58. The minimum absolute atomic E-state index is 0.166. The van der Waals surface area contributed by atoms with Crippen molar-refractivity contribution in [1.29, 1.82) is 0 Å². The van der Waals surface area contributed by atoms with E-state index in [2.05, 4.69) is 48.3 Å². The lowest BCUT2D eigenvalue weighted by Crippen LogP contribution is -2.38. The van der Waals surface area contributed by atoms with E-state index in [4.69, 9.17) is 0 Å². The number of benzene rings is 1. The van der Waals surface area contributed by atoms with Crippen LogP contribution >= 0.6 is 0 Å². The normalized spacial score (nSPS) is 20.0. The second-order valence-corrected chi connectivity index (χ2v) is 5.93. The van der Waals surface area contributed by atoms with Crippen molar-refractivity contribution >= 4 is 5.69 Å². The second kappa shape index (κ2) is 6.92. The van der Waals surface area contributed by atoms with E-state index in [9.17, 15) is 5.11 Å². The standard InChI is InChI=1S/C16H26N2O/c1-13(2)10-17-11-14-5-7-15(8-6-14)18-9-3-4-16(19)12-18/h5-8,13,16-17,19H,3-4,9-12H2,1-2H3. The van der Waals surface area contributed by atoms with E-state index >= 15 is 0 Å². The molecule has 1 aromatic carbocycles. The van der Waals surface area contributed by atoms with E-state index in [1.54, 1.807) is 0 Å². The zero-order chi connectivity index (χ0) is 13.7. The number of piperidine rings is 1. The number of β-amino-alcohol motifs (C(OH)–C–C–N with tert-alkyl or cyclic N) is 1. The molecule has 1 fully saturated rings. The summed E-state index contributed by atoms with van der Waals surface area (Å²) < 4.78 is 0. The summed E-state index contributed by atoms with van der Waals surface area (Å²) in [5.74, 6) is 0.689. The molecule has 1 saturated heterocycles. The van der Waals surface area contributed by atoms with Crippen LogP contribution in [0.5, 0.6) is 0 Å². The van der Waals surface area contributed by atoms with Crippen LogP contribution in [0, 0.1) is 5.92 Å². The monoisotopic (exact) mass is 262 g/mol. The fourth-order valence-corrected chi connectivity index (χ4v) is 2.52. The van der Waals surface area contributed by atoms with Gasteiger partial charge >= 0.3 is 0 Å². The Hall–Kier alpha value is -1.06. The molecule has 0 amide bonds. The highest BCUT2D eigenvalue weighted by molar-refractivity contribution is 5.48. The second-order valence-electron chi connectivity index (χ2n) is 5.93. The lowest BCUT2D eigenvalue weighted by atomic mass is 10.1. The topological polar surface area (TPSA) is 35.5 Å². The molecule has 2 rings (SSSR count). The largest absolute Gasteiger partial charge is 0.391 e. The van der Waals surface area contributed by atoms with E-state index in [1.807, 2.05) is 0 Å². The number of anilines is 1. The predicted molar refractivity (Wildman–Crippen MR) is 80.4 cm³/mol. The minimum Gasteiger partial charge on any atom is -0.391 e. The lowest BCUT2D eigenvalue weighted by molar-refractivity contribution is 0.154. The van der Waals surface area contributed by atoms with E-state index < -0.39 is 0 Å². The predicted octanol–water partition coefficient (Wildman–Crippen LogP) is 2.39. The van der Waals surface area contributed by atoms with Gasteiger partial charge in [0.2, 0.25) is 0 Å². The van der Waals surface area contributed by atoms with Gasteiger partial charge in [0.15, 0.2) is 0 Å². The number of nitrogens with one attached hydrogen (secondary N) is 1. The number of aliphatic hydroxyl groups is 1. The molecule has 3 heteroatoms. The molecule has 0 spiro atoms. The molecule has 1 atom stereocenters. The van der Waals surface area contributed by atoms with Crippen LogP contribution in [0.3, 0.4) is 0 Å². The van der Waals surface area contributed by atoms with E-state index in [0.717, 1.165) is 39.0 Å². The Bertz CT molecular complexity index is 375. The van der Waals surface area contributed by atoms with E-state index in [1.165, 1.54) is 11.3 Å². The van der Waals surface area contributed by atoms with Crippen LogP contribution in [0.2, 0.25) is 0 Å². The molecule has 1 aliphatic rings. The average molecular weight is 262 g/mol. The van der Waals surface area contributed by atoms with E-state index in [0.29, 0.717) is 5.92 Å². The number of rotatable bonds is 5. The van der Waals surface area contributed by atoms with Gasteiger partial charge < -0.3 is 15.3 Å². The molecule has 0 saturated carbocycles. The van der Waals surface area contributed by atoms with Crippen LogP contribution in [-0.2, 0) is 6.54 Å². The molecule has 3 nitrogen and oxygen atoms in total. The Balaban J connectivity index is 1.87. The minimum atomic E-state index is -0.166. The molecule has 0 aliphatic carbocycles. The molecule has 1 aromatic rings. The average Bonchev–Trinajstić information content (AvgIpc) is 2.39. The van der Waals surface area contributed by atoms with Crippen molar-refractivity contribution in [3.63, 3.8) is 0 Å². The molecular formula is C16H26N2O. The fraction of sp³-hybridized carbons (Fsp3) is 0.625. The quantitative estimate of drug-likeness (QED) is 0.855. The van der Waals surface area contributed by atoms with Crippen LogP contribution < -0.4 is 10.2 Å². The molecule has 106 valence electrons. The van der Waals surface area contributed by atoms with Crippen LogP contribution in [0.1, 0.15) is 32.3 Å². The Morgan fingerprint density at radius 3 is 2.68 bits per heavy atom. The SMILES string of the molecule is CC(C)CNCc1ccc(N2CCCC(O)C2)cc1. The molecule has 0 bridgehead atoms. The molecule has 1 aliphatic heterocycles. The van der Waals surface area contributed by atoms with Gasteiger partial charge in [0.25, 0.3) is 0 Å². The van der Waals surface area contributed by atoms with Crippen molar-refractivity contribution in [2.45, 2.75) is 39.3 Å². The highest BCUT2D eigenvalue weighted by Crippen LogP contribution is 2.20. The summed E-state index contributed by atoms with van der Waals surface area (Å²) in [7, 11) is 0. The molecule has 1 heterocycles. The molecule has 2 N–H and O–H groups in total. The smallest absolute Gasteiger partial charge is 0.0715 e. The zero-order valence-electron chi connectivity index (χ0n) is 12.1. The first-order valence-electron chi connectivity index (χ1n) is 7.38. The summed E-state index contributed by atoms with van der Waals surface area (Å²) in [6.07, 6.45) is 1.85. The van der Waals surface area contributed by atoms with Gasteiger partial charge in [0, 0.05) is 25.3 Å². The first-order chi connectivity index (χ1) is 9.15. The lowest BCUT2D eigenvalue weighted by Gasteiger charge is -2.32. The van der Waals surface area contributed by atoms with Crippen molar-refractivity contribution in [1.82, 2.24) is 5.32 Å². The van der Waals surface area contributed by atoms with Crippen molar-refractivity contribution in [2.75, 3.05) is 24.5 Å². The van der Waals surface area contributed by atoms with Gasteiger partial charge in [0.1, 0.15) is 0 Å². The fourth-order valence-electron chi connectivity index (χ4n) is 2.52. The van der Waals surface area contributed by atoms with Gasteiger partial charge in [-0.1, -0.05) is 26.0 Å². The number of aliphatic hydroxyl groups excluding tert-OH is 1. The summed E-state index contributed by atoms with van der Waals surface area (Å²) in [4.78, 5) is 2.28. The van der Waals surface area contributed by atoms with Crippen molar-refractivity contribution < 1.29 is 5.11 Å². The summed E-state index contributed by atoms with van der Waals surface area (Å²) in [5.41, 5.74) is 2.55. The molecule has 1 unspecified atom stereocenters. The third kappa shape index (κ3) is 4.51. The van der Waals surface area contributed by atoms with Gasteiger partial charge in [-0.2, -0.15) is 0 Å². The van der Waals surface area contributed by atoms with Crippen LogP contribution in [-0.4, -0.2) is 30.8 Å². The number of hydrogen-bond donors (Lipinski definition) is 2. The molecule has 0 radical (unpaired) electrons. The Kier molecular flexibility index (Phi) is 5.23. The van der Waals surface area contributed by atoms with Gasteiger partial charge in [-0.05, 0) is 43.0 Å². The van der Waals surface area contributed by atoms with Gasteiger partial charge in [-0.15, -0.1) is 0 Å². The highest BCUT2D eigenvalue weighted by atomic mass is 16.3. The van der Waals surface area contributed by atoms with Gasteiger partial charge in [-0.3, -0.25) is 0 Å². The molecule has 19 heavy (non-hydrogen) atoms.